The molecule has 0 aromatic rings. The molecule has 2 bridgehead atoms. The highest BCUT2D eigenvalue weighted by Crippen LogP contribution is 2.53. The van der Waals surface area contributed by atoms with Crippen LogP contribution in [0.2, 0.25) is 0 Å². The molecule has 0 aromatic heterocycles. The van der Waals surface area contributed by atoms with E-state index in [0.29, 0.717) is 19.5 Å². The van der Waals surface area contributed by atoms with Crippen molar-refractivity contribution >= 4 is 10.4 Å². The van der Waals surface area contributed by atoms with Gasteiger partial charge in [-0.05, 0) is 12.8 Å². The van der Waals surface area contributed by atoms with E-state index in [1.165, 1.54) is 0 Å². The molecular formula is C8H10N2O4S. The molecule has 4 aliphatic heterocycles. The monoisotopic (exact) mass is 230 g/mol. The van der Waals surface area contributed by atoms with Crippen molar-refractivity contribution < 1.29 is 16.8 Å². The highest BCUT2D eigenvalue weighted by atomic mass is 32.3. The van der Waals surface area contributed by atoms with Crippen molar-refractivity contribution in [1.82, 2.24) is 4.90 Å². The predicted molar refractivity (Wildman–Crippen MR) is 47.3 cm³/mol. The third kappa shape index (κ3) is 1.16. The zero-order chi connectivity index (χ0) is 10.7. The molecule has 6 nitrogen and oxygen atoms in total. The van der Waals surface area contributed by atoms with Crippen molar-refractivity contribution in [2.24, 2.45) is 5.41 Å². The van der Waals surface area contributed by atoms with Crippen molar-refractivity contribution in [2.75, 3.05) is 13.1 Å². The SMILES string of the molecule is N#CC12CCN(CC1)C1(C2)OS(=O)(=O)O1. The fourth-order valence-electron chi connectivity index (χ4n) is 2.63. The van der Waals surface area contributed by atoms with E-state index in [9.17, 15) is 8.42 Å². The topological polar surface area (TPSA) is 79.6 Å². The second-order valence-corrected chi connectivity index (χ2v) is 5.49. The van der Waals surface area contributed by atoms with Crippen molar-refractivity contribution in [1.29, 1.82) is 5.26 Å². The van der Waals surface area contributed by atoms with Crippen molar-refractivity contribution in [3.8, 4) is 6.07 Å². The lowest BCUT2D eigenvalue weighted by Crippen LogP contribution is -2.70. The maximum absolute atomic E-state index is 10.9. The number of rotatable bonds is 0. The van der Waals surface area contributed by atoms with E-state index in [4.69, 9.17) is 13.6 Å². The molecule has 0 amide bonds. The van der Waals surface area contributed by atoms with Crippen LogP contribution in [0.25, 0.3) is 0 Å². The molecule has 0 N–H and O–H groups in total. The number of fused-ring (bicyclic) bond motifs is 2. The number of hydrogen-bond acceptors (Lipinski definition) is 6. The fourth-order valence-corrected chi connectivity index (χ4v) is 3.61. The summed E-state index contributed by atoms with van der Waals surface area (Å²) in [7, 11) is -3.80. The molecule has 0 aromatic carbocycles. The van der Waals surface area contributed by atoms with Crippen LogP contribution in [0.3, 0.4) is 0 Å². The van der Waals surface area contributed by atoms with E-state index in [-0.39, 0.29) is 0 Å². The zero-order valence-corrected chi connectivity index (χ0v) is 8.79. The number of nitriles is 1. The van der Waals surface area contributed by atoms with Gasteiger partial charge in [-0.3, -0.25) is 4.90 Å². The van der Waals surface area contributed by atoms with Gasteiger partial charge in [-0.1, -0.05) is 0 Å². The van der Waals surface area contributed by atoms with Gasteiger partial charge in [0.1, 0.15) is 0 Å². The van der Waals surface area contributed by atoms with Crippen LogP contribution in [-0.2, 0) is 18.8 Å². The average Bonchev–Trinajstić information content (AvgIpc) is 2.16. The van der Waals surface area contributed by atoms with Crippen LogP contribution in [0.5, 0.6) is 0 Å². The summed E-state index contributed by atoms with van der Waals surface area (Å²) in [6.45, 7) is 1.31. The number of hydrogen-bond donors (Lipinski definition) is 0. The first-order chi connectivity index (χ1) is 6.99. The quantitative estimate of drug-likeness (QED) is 0.580. The molecule has 0 radical (unpaired) electrons. The summed E-state index contributed by atoms with van der Waals surface area (Å²) in [4.78, 5) is 1.85. The summed E-state index contributed by atoms with van der Waals surface area (Å²) in [5.41, 5.74) is -0.468. The van der Waals surface area contributed by atoms with Crippen molar-refractivity contribution in [3.63, 3.8) is 0 Å². The van der Waals surface area contributed by atoms with E-state index < -0.39 is 21.7 Å². The predicted octanol–water partition coefficient (Wildman–Crippen LogP) is -0.0587. The summed E-state index contributed by atoms with van der Waals surface area (Å²) in [6, 6.07) is 2.27. The Kier molecular flexibility index (Phi) is 1.60. The normalized spacial score (nSPS) is 44.6. The molecule has 4 aliphatic rings. The fraction of sp³-hybridized carbons (Fsp3) is 0.875. The Labute approximate surface area is 87.7 Å². The summed E-state index contributed by atoms with van der Waals surface area (Å²) < 4.78 is 31.4. The van der Waals surface area contributed by atoms with Crippen LogP contribution >= 0.6 is 0 Å². The van der Waals surface area contributed by atoms with Gasteiger partial charge in [0.15, 0.2) is 0 Å². The van der Waals surface area contributed by atoms with Crippen molar-refractivity contribution in [2.45, 2.75) is 25.2 Å². The third-order valence-corrected chi connectivity index (χ3v) is 4.39. The number of nitrogens with zero attached hydrogens (tertiary/aromatic N) is 2. The first kappa shape index (κ1) is 9.54. The lowest BCUT2D eigenvalue weighted by atomic mass is 9.71. The summed E-state index contributed by atoms with van der Waals surface area (Å²) >= 11 is 0. The Morgan fingerprint density at radius 3 is 2.33 bits per heavy atom. The smallest absolute Gasteiger partial charge is 0.250 e. The molecule has 15 heavy (non-hydrogen) atoms. The molecule has 0 atom stereocenters. The van der Waals surface area contributed by atoms with Gasteiger partial charge in [0.25, 0.3) is 5.91 Å². The Bertz CT molecular complexity index is 432. The van der Waals surface area contributed by atoms with Crippen molar-refractivity contribution in [3.05, 3.63) is 0 Å². The molecular weight excluding hydrogens is 220 g/mol. The molecule has 82 valence electrons. The molecule has 0 saturated carbocycles. The van der Waals surface area contributed by atoms with Gasteiger partial charge < -0.3 is 0 Å². The van der Waals surface area contributed by atoms with E-state index in [1.54, 1.807) is 0 Å². The highest BCUT2D eigenvalue weighted by molar-refractivity contribution is 7.82. The standard InChI is InChI=1S/C8H10N2O4S/c9-6-7-1-3-10(4-2-7)8(5-7)13-15(11,12)14-8/h1-5H2. The minimum absolute atomic E-state index is 0.329. The third-order valence-electron chi connectivity index (χ3n) is 3.47. The van der Waals surface area contributed by atoms with Gasteiger partial charge in [-0.2, -0.15) is 22.0 Å². The Morgan fingerprint density at radius 2 is 1.87 bits per heavy atom. The van der Waals surface area contributed by atoms with Crippen LogP contribution < -0.4 is 0 Å². The van der Waals surface area contributed by atoms with Crippen LogP contribution in [0.15, 0.2) is 0 Å². The van der Waals surface area contributed by atoms with Crippen LogP contribution in [0, 0.1) is 16.7 Å². The molecule has 7 heteroatoms. The zero-order valence-electron chi connectivity index (χ0n) is 7.97. The molecule has 0 aliphatic carbocycles. The maximum atomic E-state index is 10.9. The Balaban J connectivity index is 1.93. The lowest BCUT2D eigenvalue weighted by molar-refractivity contribution is -0.325. The van der Waals surface area contributed by atoms with Crippen LogP contribution in [-0.4, -0.2) is 32.3 Å². The first-order valence-electron chi connectivity index (χ1n) is 4.82. The Morgan fingerprint density at radius 1 is 1.27 bits per heavy atom. The average molecular weight is 230 g/mol. The van der Waals surface area contributed by atoms with Gasteiger partial charge >= 0.3 is 10.4 Å². The highest BCUT2D eigenvalue weighted by Gasteiger charge is 2.65. The summed E-state index contributed by atoms with van der Waals surface area (Å²) in [5, 5.41) is 9.12. The molecule has 4 saturated heterocycles. The number of piperidine rings is 3. The van der Waals surface area contributed by atoms with E-state index >= 15 is 0 Å². The van der Waals surface area contributed by atoms with E-state index in [2.05, 4.69) is 6.07 Å². The second kappa shape index (κ2) is 2.52. The van der Waals surface area contributed by atoms with Gasteiger partial charge in [0, 0.05) is 19.5 Å². The molecule has 4 rings (SSSR count). The summed E-state index contributed by atoms with van der Waals surface area (Å²) in [6.07, 6.45) is 1.85. The molecule has 0 unspecified atom stereocenters. The lowest BCUT2D eigenvalue weighted by Gasteiger charge is -2.57. The minimum Gasteiger partial charge on any atom is -0.250 e. The molecule has 4 fully saturated rings. The first-order valence-corrected chi connectivity index (χ1v) is 6.15. The summed E-state index contributed by atoms with van der Waals surface area (Å²) in [5.74, 6) is -1.16. The van der Waals surface area contributed by atoms with Gasteiger partial charge in [-0.25, -0.2) is 0 Å². The van der Waals surface area contributed by atoms with Crippen LogP contribution in [0.1, 0.15) is 19.3 Å². The van der Waals surface area contributed by atoms with Gasteiger partial charge in [0.05, 0.1) is 11.5 Å². The molecule has 4 heterocycles. The van der Waals surface area contributed by atoms with Gasteiger partial charge in [-0.15, -0.1) is 0 Å². The van der Waals surface area contributed by atoms with E-state index in [1.807, 2.05) is 4.90 Å². The largest absolute Gasteiger partial charge is 0.407 e. The van der Waals surface area contributed by atoms with E-state index in [0.717, 1.165) is 12.8 Å². The molecule has 1 spiro atoms. The maximum Gasteiger partial charge on any atom is 0.407 e. The van der Waals surface area contributed by atoms with Gasteiger partial charge in [0.2, 0.25) is 0 Å². The minimum atomic E-state index is -3.80. The Hall–Kier alpha value is -0.680. The van der Waals surface area contributed by atoms with Crippen LogP contribution in [0.4, 0.5) is 0 Å². The second-order valence-electron chi connectivity index (χ2n) is 4.34.